The monoisotopic (exact) mass is 260 g/mol. The molecule has 1 saturated heterocycles. The molecule has 0 aromatic heterocycles. The fourth-order valence-electron chi connectivity index (χ4n) is 1.97. The first kappa shape index (κ1) is 15.4. The summed E-state index contributed by atoms with van der Waals surface area (Å²) in [7, 11) is 1.63. The molecular weight excluding hydrogens is 236 g/mol. The highest BCUT2D eigenvalue weighted by Crippen LogP contribution is 2.05. The molecule has 18 heavy (non-hydrogen) atoms. The summed E-state index contributed by atoms with van der Waals surface area (Å²) in [6.45, 7) is 5.97. The van der Waals surface area contributed by atoms with Crippen LogP contribution in [0.4, 0.5) is 0 Å². The molecule has 0 spiro atoms. The number of rotatable bonds is 7. The van der Waals surface area contributed by atoms with Crippen LogP contribution in [0.2, 0.25) is 0 Å². The first-order valence-corrected chi connectivity index (χ1v) is 6.39. The first-order valence-electron chi connectivity index (χ1n) is 6.39. The van der Waals surface area contributed by atoms with Crippen molar-refractivity contribution in [3.05, 3.63) is 0 Å². The van der Waals surface area contributed by atoms with Crippen LogP contribution in [-0.4, -0.2) is 86.6 Å². The zero-order chi connectivity index (χ0) is 13.4. The van der Waals surface area contributed by atoms with E-state index in [-0.39, 0.29) is 18.6 Å². The van der Waals surface area contributed by atoms with Crippen molar-refractivity contribution in [1.82, 2.24) is 9.80 Å². The highest BCUT2D eigenvalue weighted by Gasteiger charge is 2.22. The molecule has 1 fully saturated rings. The Balaban J connectivity index is 2.38. The van der Waals surface area contributed by atoms with Gasteiger partial charge < -0.3 is 19.5 Å². The third-order valence-corrected chi connectivity index (χ3v) is 2.98. The average Bonchev–Trinajstić information content (AvgIpc) is 2.36. The standard InChI is InChI=1S/C12H24N2O4/c1-11-9-14(5-8-18-11)12(16)10-13(3-6-15)4-7-17-2/h11,15H,3-10H2,1-2H3. The predicted molar refractivity (Wildman–Crippen MR) is 67.4 cm³/mol. The van der Waals surface area contributed by atoms with E-state index in [2.05, 4.69) is 0 Å². The Labute approximate surface area is 108 Å². The van der Waals surface area contributed by atoms with E-state index < -0.39 is 0 Å². The SMILES string of the molecule is COCCN(CCO)CC(=O)N1CCOC(C)C1. The Hall–Kier alpha value is -0.690. The van der Waals surface area contributed by atoms with Crippen molar-refractivity contribution >= 4 is 5.91 Å². The second kappa shape index (κ2) is 8.42. The van der Waals surface area contributed by atoms with E-state index in [9.17, 15) is 4.79 Å². The van der Waals surface area contributed by atoms with Crippen LogP contribution < -0.4 is 0 Å². The second-order valence-corrected chi connectivity index (χ2v) is 4.51. The van der Waals surface area contributed by atoms with E-state index in [0.717, 1.165) is 0 Å². The normalized spacial score (nSPS) is 20.4. The number of nitrogens with zero attached hydrogens (tertiary/aromatic N) is 2. The summed E-state index contributed by atoms with van der Waals surface area (Å²) in [5, 5.41) is 8.97. The molecule has 106 valence electrons. The predicted octanol–water partition coefficient (Wildman–Crippen LogP) is -0.826. The van der Waals surface area contributed by atoms with Crippen LogP contribution in [0, 0.1) is 0 Å². The minimum absolute atomic E-state index is 0.0521. The minimum Gasteiger partial charge on any atom is -0.395 e. The summed E-state index contributed by atoms with van der Waals surface area (Å²) in [6, 6.07) is 0. The van der Waals surface area contributed by atoms with Crippen molar-refractivity contribution in [2.24, 2.45) is 0 Å². The number of carbonyl (C=O) groups excluding carboxylic acids is 1. The second-order valence-electron chi connectivity index (χ2n) is 4.51. The number of hydrogen-bond acceptors (Lipinski definition) is 5. The quantitative estimate of drug-likeness (QED) is 0.648. The number of carbonyl (C=O) groups is 1. The molecule has 1 aliphatic rings. The molecule has 1 N–H and O–H groups in total. The molecule has 1 rings (SSSR count). The van der Waals surface area contributed by atoms with E-state index in [1.54, 1.807) is 7.11 Å². The van der Waals surface area contributed by atoms with Gasteiger partial charge in [0.05, 0.1) is 32.5 Å². The Morgan fingerprint density at radius 2 is 2.33 bits per heavy atom. The molecule has 1 amide bonds. The summed E-state index contributed by atoms with van der Waals surface area (Å²) in [5.41, 5.74) is 0. The van der Waals surface area contributed by atoms with Crippen LogP contribution in [0.15, 0.2) is 0 Å². The largest absolute Gasteiger partial charge is 0.395 e. The van der Waals surface area contributed by atoms with Gasteiger partial charge in [0.25, 0.3) is 0 Å². The fourth-order valence-corrected chi connectivity index (χ4v) is 1.97. The fraction of sp³-hybridized carbons (Fsp3) is 0.917. The molecule has 6 nitrogen and oxygen atoms in total. The van der Waals surface area contributed by atoms with E-state index in [0.29, 0.717) is 45.9 Å². The van der Waals surface area contributed by atoms with Crippen molar-refractivity contribution in [1.29, 1.82) is 0 Å². The minimum atomic E-state index is 0.0521. The molecule has 6 heteroatoms. The lowest BCUT2D eigenvalue weighted by Crippen LogP contribution is -2.49. The topological polar surface area (TPSA) is 62.2 Å². The molecule has 1 unspecified atom stereocenters. The molecule has 0 aromatic rings. The molecule has 0 bridgehead atoms. The van der Waals surface area contributed by atoms with Crippen LogP contribution in [0.5, 0.6) is 0 Å². The highest BCUT2D eigenvalue weighted by molar-refractivity contribution is 5.78. The Bertz CT molecular complexity index is 250. The maximum Gasteiger partial charge on any atom is 0.236 e. The number of ether oxygens (including phenoxy) is 2. The number of methoxy groups -OCH3 is 1. The number of hydrogen-bond donors (Lipinski definition) is 1. The molecule has 0 aliphatic carbocycles. The van der Waals surface area contributed by atoms with E-state index in [1.165, 1.54) is 0 Å². The van der Waals surface area contributed by atoms with Gasteiger partial charge in [-0.2, -0.15) is 0 Å². The zero-order valence-corrected chi connectivity index (χ0v) is 11.3. The molecule has 0 aromatic carbocycles. The zero-order valence-electron chi connectivity index (χ0n) is 11.3. The van der Waals surface area contributed by atoms with Gasteiger partial charge in [0.1, 0.15) is 0 Å². The van der Waals surface area contributed by atoms with Gasteiger partial charge in [-0.3, -0.25) is 9.69 Å². The molecule has 1 aliphatic heterocycles. The van der Waals surface area contributed by atoms with Gasteiger partial charge in [-0.1, -0.05) is 0 Å². The molecule has 0 saturated carbocycles. The smallest absolute Gasteiger partial charge is 0.236 e. The van der Waals surface area contributed by atoms with Crippen molar-refractivity contribution < 1.29 is 19.4 Å². The number of aliphatic hydroxyl groups is 1. The lowest BCUT2D eigenvalue weighted by atomic mass is 10.3. The Kier molecular flexibility index (Phi) is 7.19. The maximum atomic E-state index is 12.1. The average molecular weight is 260 g/mol. The van der Waals surface area contributed by atoms with Crippen molar-refractivity contribution in [2.45, 2.75) is 13.0 Å². The van der Waals surface area contributed by atoms with Gasteiger partial charge in [-0.25, -0.2) is 0 Å². The molecular formula is C12H24N2O4. The molecule has 0 radical (unpaired) electrons. The summed E-state index contributed by atoms with van der Waals surface area (Å²) in [5.74, 6) is 0.0923. The van der Waals surface area contributed by atoms with Crippen LogP contribution in [0.25, 0.3) is 0 Å². The molecule has 1 heterocycles. The number of morpholine rings is 1. The van der Waals surface area contributed by atoms with Crippen LogP contribution in [0.1, 0.15) is 6.92 Å². The molecule has 1 atom stereocenters. The number of aliphatic hydroxyl groups excluding tert-OH is 1. The lowest BCUT2D eigenvalue weighted by molar-refractivity contribution is -0.139. The third kappa shape index (κ3) is 5.30. The lowest BCUT2D eigenvalue weighted by Gasteiger charge is -2.33. The van der Waals surface area contributed by atoms with Gasteiger partial charge in [0.2, 0.25) is 5.91 Å². The van der Waals surface area contributed by atoms with Gasteiger partial charge >= 0.3 is 0 Å². The van der Waals surface area contributed by atoms with Crippen LogP contribution in [0.3, 0.4) is 0 Å². The van der Waals surface area contributed by atoms with Crippen molar-refractivity contribution in [2.75, 3.05) is 59.7 Å². The third-order valence-electron chi connectivity index (χ3n) is 2.98. The van der Waals surface area contributed by atoms with Crippen molar-refractivity contribution in [3.63, 3.8) is 0 Å². The Morgan fingerprint density at radius 1 is 1.56 bits per heavy atom. The van der Waals surface area contributed by atoms with E-state index >= 15 is 0 Å². The van der Waals surface area contributed by atoms with Crippen molar-refractivity contribution in [3.8, 4) is 0 Å². The van der Waals surface area contributed by atoms with E-state index in [4.69, 9.17) is 14.6 Å². The maximum absolute atomic E-state index is 12.1. The van der Waals surface area contributed by atoms with Gasteiger partial charge in [-0.05, 0) is 6.92 Å². The van der Waals surface area contributed by atoms with Gasteiger partial charge in [-0.15, -0.1) is 0 Å². The van der Waals surface area contributed by atoms with Gasteiger partial charge in [0.15, 0.2) is 0 Å². The first-order chi connectivity index (χ1) is 8.67. The summed E-state index contributed by atoms with van der Waals surface area (Å²) in [4.78, 5) is 15.8. The summed E-state index contributed by atoms with van der Waals surface area (Å²) < 4.78 is 10.4. The summed E-state index contributed by atoms with van der Waals surface area (Å²) >= 11 is 0. The van der Waals surface area contributed by atoms with Crippen LogP contribution in [-0.2, 0) is 14.3 Å². The summed E-state index contributed by atoms with van der Waals surface area (Å²) in [6.07, 6.45) is 0.105. The van der Waals surface area contributed by atoms with Gasteiger partial charge in [0, 0.05) is 33.3 Å². The van der Waals surface area contributed by atoms with Crippen LogP contribution >= 0.6 is 0 Å². The Morgan fingerprint density at radius 3 is 2.94 bits per heavy atom. The number of amides is 1. The highest BCUT2D eigenvalue weighted by atomic mass is 16.5. The van der Waals surface area contributed by atoms with E-state index in [1.807, 2.05) is 16.7 Å².